The average molecular weight is 238 g/mol. The average Bonchev–Trinajstić information content (AvgIpc) is 2.29. The highest BCUT2D eigenvalue weighted by atomic mass is 32.2. The van der Waals surface area contributed by atoms with E-state index < -0.39 is 10.8 Å². The van der Waals surface area contributed by atoms with Crippen molar-refractivity contribution in [2.24, 2.45) is 0 Å². The zero-order valence-corrected chi connectivity index (χ0v) is 10.3. The van der Waals surface area contributed by atoms with Crippen molar-refractivity contribution in [2.45, 2.75) is 18.7 Å². The van der Waals surface area contributed by atoms with Crippen LogP contribution in [-0.4, -0.2) is 17.1 Å². The van der Waals surface area contributed by atoms with Crippen LogP contribution in [0, 0.1) is 0 Å². The lowest BCUT2D eigenvalue weighted by atomic mass is 10.3. The summed E-state index contributed by atoms with van der Waals surface area (Å²) in [6, 6.07) is 6.84. The first-order chi connectivity index (χ1) is 7.60. The summed E-state index contributed by atoms with van der Waals surface area (Å²) in [5, 5.41) is 0. The number of rotatable bonds is 4. The highest BCUT2D eigenvalue weighted by molar-refractivity contribution is 7.90. The van der Waals surface area contributed by atoms with Gasteiger partial charge in [-0.15, -0.1) is 0 Å². The van der Waals surface area contributed by atoms with E-state index in [4.69, 9.17) is 4.74 Å². The first-order valence-electron chi connectivity index (χ1n) is 4.83. The number of methoxy groups -OCH3 is 1. The number of ether oxygens (including phenoxy) is 1. The van der Waals surface area contributed by atoms with Crippen LogP contribution in [-0.2, 0) is 15.6 Å². The van der Waals surface area contributed by atoms with Crippen LogP contribution in [0.1, 0.15) is 13.8 Å². The van der Waals surface area contributed by atoms with E-state index in [9.17, 15) is 9.00 Å². The van der Waals surface area contributed by atoms with Gasteiger partial charge in [-0.25, -0.2) is 4.21 Å². The zero-order valence-electron chi connectivity index (χ0n) is 9.52. The number of ketones is 1. The van der Waals surface area contributed by atoms with Gasteiger partial charge in [0.15, 0.2) is 5.78 Å². The predicted molar refractivity (Wildman–Crippen MR) is 63.8 cm³/mol. The van der Waals surface area contributed by atoms with E-state index in [1.165, 1.54) is 6.92 Å². The molecule has 0 amide bonds. The van der Waals surface area contributed by atoms with Gasteiger partial charge in [0.1, 0.15) is 5.75 Å². The third kappa shape index (κ3) is 2.79. The van der Waals surface area contributed by atoms with Crippen LogP contribution in [0.2, 0.25) is 0 Å². The van der Waals surface area contributed by atoms with Crippen LogP contribution < -0.4 is 4.74 Å². The molecule has 0 aliphatic rings. The van der Waals surface area contributed by atoms with Gasteiger partial charge >= 0.3 is 0 Å². The molecule has 1 aromatic rings. The van der Waals surface area contributed by atoms with Crippen molar-refractivity contribution in [1.82, 2.24) is 0 Å². The van der Waals surface area contributed by atoms with Crippen molar-refractivity contribution < 1.29 is 13.7 Å². The van der Waals surface area contributed by atoms with Crippen LogP contribution in [0.25, 0.3) is 0 Å². The van der Waals surface area contributed by atoms with Crippen molar-refractivity contribution in [1.29, 1.82) is 0 Å². The van der Waals surface area contributed by atoms with E-state index in [1.54, 1.807) is 44.4 Å². The van der Waals surface area contributed by atoms with Gasteiger partial charge < -0.3 is 4.74 Å². The number of hydrogen-bond donors (Lipinski definition) is 0. The molecule has 4 heteroatoms. The summed E-state index contributed by atoms with van der Waals surface area (Å²) < 4.78 is 17.0. The summed E-state index contributed by atoms with van der Waals surface area (Å²) in [5.74, 6) is 0.530. The molecule has 86 valence electrons. The van der Waals surface area contributed by atoms with Gasteiger partial charge in [0.2, 0.25) is 0 Å². The molecule has 0 aliphatic carbocycles. The summed E-state index contributed by atoms with van der Waals surface area (Å²) in [7, 11) is 0.163. The number of hydrogen-bond acceptors (Lipinski definition) is 3. The van der Waals surface area contributed by atoms with E-state index in [2.05, 4.69) is 0 Å². The molecule has 0 fully saturated rings. The third-order valence-electron chi connectivity index (χ3n) is 2.08. The van der Waals surface area contributed by atoms with Crippen molar-refractivity contribution in [2.75, 3.05) is 7.11 Å². The monoisotopic (exact) mass is 238 g/mol. The highest BCUT2D eigenvalue weighted by Crippen LogP contribution is 2.18. The fraction of sp³-hybridized carbons (Fsp3) is 0.250. The predicted octanol–water partition coefficient (Wildman–Crippen LogP) is 2.30. The molecule has 0 aliphatic heterocycles. The minimum Gasteiger partial charge on any atom is -0.497 e. The SMILES string of the molecule is CC=C(C(C)=O)S(=O)c1ccc(OC)cc1. The molecular formula is C12H14O3S. The quantitative estimate of drug-likeness (QED) is 0.756. The van der Waals surface area contributed by atoms with E-state index in [-0.39, 0.29) is 5.78 Å². The Hall–Kier alpha value is -1.42. The number of benzene rings is 1. The molecule has 1 unspecified atom stereocenters. The lowest BCUT2D eigenvalue weighted by Crippen LogP contribution is -2.04. The maximum Gasteiger partial charge on any atom is 0.168 e. The largest absolute Gasteiger partial charge is 0.497 e. The Kier molecular flexibility index (Phi) is 4.43. The molecule has 1 atom stereocenters. The van der Waals surface area contributed by atoms with E-state index in [0.717, 1.165) is 0 Å². The second-order valence-electron chi connectivity index (χ2n) is 3.15. The van der Waals surface area contributed by atoms with Gasteiger partial charge in [-0.1, -0.05) is 6.08 Å². The Balaban J connectivity index is 3.00. The normalized spacial score (nSPS) is 13.3. The molecule has 1 rings (SSSR count). The number of carbonyl (C=O) groups excluding carboxylic acids is 1. The summed E-state index contributed by atoms with van der Waals surface area (Å²) in [5.41, 5.74) is 0. The highest BCUT2D eigenvalue weighted by Gasteiger charge is 2.13. The molecule has 0 aromatic heterocycles. The van der Waals surface area contributed by atoms with Crippen molar-refractivity contribution in [3.05, 3.63) is 35.2 Å². The first kappa shape index (κ1) is 12.6. The lowest BCUT2D eigenvalue weighted by Gasteiger charge is -2.04. The van der Waals surface area contributed by atoms with Crippen molar-refractivity contribution >= 4 is 16.6 Å². The Morgan fingerprint density at radius 3 is 2.25 bits per heavy atom. The maximum absolute atomic E-state index is 12.0. The standard InChI is InChI=1S/C12H14O3S/c1-4-12(9(2)13)16(14)11-7-5-10(15-3)6-8-11/h4-8H,1-3H3. The lowest BCUT2D eigenvalue weighted by molar-refractivity contribution is -0.113. The van der Waals surface area contributed by atoms with Gasteiger partial charge in [-0.05, 0) is 38.1 Å². The molecule has 16 heavy (non-hydrogen) atoms. The van der Waals surface area contributed by atoms with Crippen LogP contribution in [0.5, 0.6) is 5.75 Å². The third-order valence-corrected chi connectivity index (χ3v) is 3.71. The molecule has 0 N–H and O–H groups in total. The van der Waals surface area contributed by atoms with E-state index in [0.29, 0.717) is 15.6 Å². The molecule has 0 saturated carbocycles. The van der Waals surface area contributed by atoms with Crippen molar-refractivity contribution in [3.63, 3.8) is 0 Å². The Labute approximate surface area is 97.6 Å². The summed E-state index contributed by atoms with van der Waals surface area (Å²) in [6.07, 6.45) is 1.59. The Morgan fingerprint density at radius 2 is 1.88 bits per heavy atom. The molecule has 1 aromatic carbocycles. The minimum absolute atomic E-state index is 0.170. The Morgan fingerprint density at radius 1 is 1.31 bits per heavy atom. The van der Waals surface area contributed by atoms with Gasteiger partial charge in [-0.3, -0.25) is 4.79 Å². The zero-order chi connectivity index (χ0) is 12.1. The molecule has 3 nitrogen and oxygen atoms in total. The van der Waals surface area contributed by atoms with Gasteiger partial charge in [0.25, 0.3) is 0 Å². The summed E-state index contributed by atoms with van der Waals surface area (Å²) in [4.78, 5) is 12.2. The van der Waals surface area contributed by atoms with Crippen LogP contribution in [0.15, 0.2) is 40.1 Å². The second kappa shape index (κ2) is 5.61. The first-order valence-corrected chi connectivity index (χ1v) is 5.98. The van der Waals surface area contributed by atoms with Crippen LogP contribution >= 0.6 is 0 Å². The maximum atomic E-state index is 12.0. The van der Waals surface area contributed by atoms with E-state index in [1.807, 2.05) is 0 Å². The Bertz CT molecular complexity index is 432. The molecular weight excluding hydrogens is 224 g/mol. The molecule has 0 bridgehead atoms. The minimum atomic E-state index is -1.41. The number of allylic oxidation sites excluding steroid dienone is 2. The fourth-order valence-electron chi connectivity index (χ4n) is 1.27. The second-order valence-corrected chi connectivity index (χ2v) is 4.60. The summed E-state index contributed by atoms with van der Waals surface area (Å²) >= 11 is 0. The van der Waals surface area contributed by atoms with Gasteiger partial charge in [-0.2, -0.15) is 0 Å². The molecule has 0 heterocycles. The van der Waals surface area contributed by atoms with Crippen LogP contribution in [0.4, 0.5) is 0 Å². The number of Topliss-reactive ketones (excluding diaryl/α,β-unsaturated/α-hetero) is 1. The van der Waals surface area contributed by atoms with Gasteiger partial charge in [0, 0.05) is 4.90 Å². The van der Waals surface area contributed by atoms with Gasteiger partial charge in [0.05, 0.1) is 22.8 Å². The van der Waals surface area contributed by atoms with Crippen LogP contribution in [0.3, 0.4) is 0 Å². The topological polar surface area (TPSA) is 43.4 Å². The molecule has 0 radical (unpaired) electrons. The number of carbonyl (C=O) groups is 1. The van der Waals surface area contributed by atoms with Crippen molar-refractivity contribution in [3.8, 4) is 5.75 Å². The smallest absolute Gasteiger partial charge is 0.168 e. The fourth-order valence-corrected chi connectivity index (χ4v) is 2.38. The summed E-state index contributed by atoms with van der Waals surface area (Å²) in [6.45, 7) is 3.12. The molecule has 0 saturated heterocycles. The van der Waals surface area contributed by atoms with E-state index >= 15 is 0 Å². The molecule has 0 spiro atoms.